The van der Waals surface area contributed by atoms with Crippen molar-refractivity contribution in [2.45, 2.75) is 12.3 Å². The third-order valence-electron chi connectivity index (χ3n) is 2.00. The average molecular weight is 340 g/mol. The molecule has 0 aliphatic rings. The minimum atomic E-state index is -0.679. The lowest BCUT2D eigenvalue weighted by Gasteiger charge is -2.01. The molecule has 0 saturated carbocycles. The first-order valence-corrected chi connectivity index (χ1v) is 6.66. The Morgan fingerprint density at radius 3 is 2.35 bits per heavy atom. The molecule has 0 N–H and O–H groups in total. The second kappa shape index (κ2) is 4.96. The van der Waals surface area contributed by atoms with E-state index in [4.69, 9.17) is 11.6 Å². The smallest absolute Gasteiger partial charge is 0.153 e. The van der Waals surface area contributed by atoms with Gasteiger partial charge in [-0.2, -0.15) is 0 Å². The molecule has 0 spiro atoms. The lowest BCUT2D eigenvalue weighted by atomic mass is 10.2. The van der Waals surface area contributed by atoms with Crippen molar-refractivity contribution in [3.8, 4) is 10.6 Å². The Hall–Kier alpha value is -0.590. The highest BCUT2D eigenvalue weighted by Gasteiger charge is 2.18. The van der Waals surface area contributed by atoms with Gasteiger partial charge >= 0.3 is 0 Å². The van der Waals surface area contributed by atoms with E-state index in [0.717, 1.165) is 11.3 Å². The molecular formula is C10H6BrClF2N2S. The lowest BCUT2D eigenvalue weighted by molar-refractivity contribution is 0.587. The number of halogens is 4. The average Bonchev–Trinajstić information content (AvgIpc) is 2.65. The van der Waals surface area contributed by atoms with Gasteiger partial charge in [0.1, 0.15) is 16.6 Å². The zero-order valence-electron chi connectivity index (χ0n) is 8.55. The van der Waals surface area contributed by atoms with E-state index >= 15 is 0 Å². The van der Waals surface area contributed by atoms with Gasteiger partial charge in [-0.15, -0.1) is 21.8 Å². The molecule has 2 aromatic rings. The summed E-state index contributed by atoms with van der Waals surface area (Å²) in [6.07, 6.45) is 0. The predicted octanol–water partition coefficient (Wildman–Crippen LogP) is 4.55. The summed E-state index contributed by atoms with van der Waals surface area (Å²) in [6.45, 7) is 1.72. The van der Waals surface area contributed by atoms with Crippen molar-refractivity contribution < 1.29 is 8.78 Å². The molecule has 1 aromatic heterocycles. The van der Waals surface area contributed by atoms with Crippen molar-refractivity contribution in [1.82, 2.24) is 10.2 Å². The van der Waals surface area contributed by atoms with Crippen molar-refractivity contribution in [2.24, 2.45) is 0 Å². The van der Waals surface area contributed by atoms with Crippen LogP contribution in [-0.2, 0) is 0 Å². The third-order valence-corrected chi connectivity index (χ3v) is 3.92. The Balaban J connectivity index is 2.52. The van der Waals surface area contributed by atoms with Gasteiger partial charge in [-0.1, -0.05) is 27.3 Å². The van der Waals surface area contributed by atoms with E-state index in [1.54, 1.807) is 6.92 Å². The van der Waals surface area contributed by atoms with Gasteiger partial charge in [0.05, 0.1) is 10.9 Å². The van der Waals surface area contributed by atoms with Crippen LogP contribution in [0.3, 0.4) is 0 Å². The Kier molecular flexibility index (Phi) is 3.75. The van der Waals surface area contributed by atoms with Crippen molar-refractivity contribution in [2.75, 3.05) is 0 Å². The fourth-order valence-corrected chi connectivity index (χ4v) is 2.64. The maximum atomic E-state index is 13.6. The molecule has 0 aliphatic carbocycles. The second-order valence-electron chi connectivity index (χ2n) is 3.31. The summed E-state index contributed by atoms with van der Waals surface area (Å²) in [5, 5.41) is 7.93. The van der Waals surface area contributed by atoms with Crippen molar-refractivity contribution >= 4 is 38.9 Å². The topological polar surface area (TPSA) is 25.8 Å². The Morgan fingerprint density at radius 2 is 1.88 bits per heavy atom. The fraction of sp³-hybridized carbons (Fsp3) is 0.200. The molecule has 2 nitrogen and oxygen atoms in total. The number of benzene rings is 1. The van der Waals surface area contributed by atoms with Gasteiger partial charge in [-0.3, -0.25) is 0 Å². The lowest BCUT2D eigenvalue weighted by Crippen LogP contribution is -1.90. The van der Waals surface area contributed by atoms with Crippen LogP contribution in [-0.4, -0.2) is 10.2 Å². The van der Waals surface area contributed by atoms with Gasteiger partial charge < -0.3 is 0 Å². The largest absolute Gasteiger partial charge is 0.206 e. The molecule has 1 unspecified atom stereocenters. The van der Waals surface area contributed by atoms with E-state index < -0.39 is 11.6 Å². The summed E-state index contributed by atoms with van der Waals surface area (Å²) in [7, 11) is 0. The van der Waals surface area contributed by atoms with Gasteiger partial charge in [0.25, 0.3) is 0 Å². The molecule has 90 valence electrons. The van der Waals surface area contributed by atoms with Crippen molar-refractivity contribution in [1.29, 1.82) is 0 Å². The van der Waals surface area contributed by atoms with E-state index in [2.05, 4.69) is 26.1 Å². The SMILES string of the molecule is CC(Cl)c1nnc(-c2c(F)cc(Br)cc2F)s1. The van der Waals surface area contributed by atoms with E-state index in [9.17, 15) is 8.78 Å². The number of hydrogen-bond donors (Lipinski definition) is 0. The number of hydrogen-bond acceptors (Lipinski definition) is 3. The molecule has 1 atom stereocenters. The van der Waals surface area contributed by atoms with Crippen LogP contribution in [0.15, 0.2) is 16.6 Å². The van der Waals surface area contributed by atoms with Gasteiger partial charge in [0, 0.05) is 4.47 Å². The molecule has 0 aliphatic heterocycles. The summed E-state index contributed by atoms with van der Waals surface area (Å²) in [6, 6.07) is 2.37. The third kappa shape index (κ3) is 2.64. The second-order valence-corrected chi connectivity index (χ2v) is 5.89. The van der Waals surface area contributed by atoms with Crippen molar-refractivity contribution in [3.63, 3.8) is 0 Å². The zero-order valence-corrected chi connectivity index (χ0v) is 11.7. The molecule has 0 radical (unpaired) electrons. The molecule has 0 fully saturated rings. The van der Waals surface area contributed by atoms with Crippen LogP contribution in [0.5, 0.6) is 0 Å². The quantitative estimate of drug-likeness (QED) is 0.750. The zero-order chi connectivity index (χ0) is 12.6. The monoisotopic (exact) mass is 338 g/mol. The highest BCUT2D eigenvalue weighted by Crippen LogP contribution is 2.33. The summed E-state index contributed by atoms with van der Waals surface area (Å²) in [5.74, 6) is -1.36. The first kappa shape index (κ1) is 12.9. The molecule has 0 saturated heterocycles. The summed E-state index contributed by atoms with van der Waals surface area (Å²) in [4.78, 5) is 0. The Bertz CT molecular complexity index is 536. The minimum absolute atomic E-state index is 0.172. The van der Waals surface area contributed by atoms with Gasteiger partial charge in [-0.05, 0) is 19.1 Å². The van der Waals surface area contributed by atoms with Crippen LogP contribution in [0, 0.1) is 11.6 Å². The molecule has 0 amide bonds. The first-order valence-electron chi connectivity index (χ1n) is 4.61. The van der Waals surface area contributed by atoms with E-state index in [1.807, 2.05) is 0 Å². The molecule has 1 heterocycles. The number of aromatic nitrogens is 2. The minimum Gasteiger partial charge on any atom is -0.206 e. The summed E-state index contributed by atoms with van der Waals surface area (Å²) < 4.78 is 27.6. The van der Waals surface area contributed by atoms with E-state index in [1.165, 1.54) is 12.1 Å². The molecule has 7 heteroatoms. The number of rotatable bonds is 2. The first-order chi connectivity index (χ1) is 7.99. The van der Waals surface area contributed by atoms with Crippen LogP contribution >= 0.6 is 38.9 Å². The van der Waals surface area contributed by atoms with Crippen molar-refractivity contribution in [3.05, 3.63) is 33.2 Å². The normalized spacial score (nSPS) is 12.8. The fourth-order valence-electron chi connectivity index (χ4n) is 1.24. The van der Waals surface area contributed by atoms with E-state index in [-0.39, 0.29) is 15.9 Å². The Morgan fingerprint density at radius 1 is 1.29 bits per heavy atom. The van der Waals surface area contributed by atoms with E-state index in [0.29, 0.717) is 9.48 Å². The van der Waals surface area contributed by atoms with Crippen LogP contribution in [0.1, 0.15) is 17.3 Å². The van der Waals surface area contributed by atoms with Crippen LogP contribution in [0.4, 0.5) is 8.78 Å². The van der Waals surface area contributed by atoms with Gasteiger partial charge in [0.15, 0.2) is 5.01 Å². The van der Waals surface area contributed by atoms with Gasteiger partial charge in [0.2, 0.25) is 0 Å². The van der Waals surface area contributed by atoms with Gasteiger partial charge in [-0.25, -0.2) is 8.78 Å². The maximum Gasteiger partial charge on any atom is 0.153 e. The molecular weight excluding hydrogens is 334 g/mol. The predicted molar refractivity (Wildman–Crippen MR) is 67.2 cm³/mol. The number of alkyl halides is 1. The van der Waals surface area contributed by atoms with Crippen LogP contribution < -0.4 is 0 Å². The summed E-state index contributed by atoms with van der Waals surface area (Å²) in [5.41, 5.74) is -0.172. The highest BCUT2D eigenvalue weighted by molar-refractivity contribution is 9.10. The standard InChI is InChI=1S/C10H6BrClF2N2S/c1-4(12)9-15-16-10(17-9)8-6(13)2-5(11)3-7(8)14/h2-4H,1H3. The van der Waals surface area contributed by atoms with Crippen LogP contribution in [0.2, 0.25) is 0 Å². The molecule has 17 heavy (non-hydrogen) atoms. The molecule has 1 aromatic carbocycles. The molecule has 0 bridgehead atoms. The maximum absolute atomic E-state index is 13.6. The number of nitrogens with zero attached hydrogens (tertiary/aromatic N) is 2. The summed E-state index contributed by atoms with van der Waals surface area (Å²) >= 11 is 9.91. The van der Waals surface area contributed by atoms with Crippen LogP contribution in [0.25, 0.3) is 10.6 Å². The molecule has 2 rings (SSSR count). The Labute approximate surface area is 114 Å². The highest BCUT2D eigenvalue weighted by atomic mass is 79.9.